The van der Waals surface area contributed by atoms with Gasteiger partial charge in [-0.25, -0.2) is 0 Å². The van der Waals surface area contributed by atoms with Gasteiger partial charge in [-0.1, -0.05) is 5.16 Å². The van der Waals surface area contributed by atoms with Crippen LogP contribution >= 0.6 is 0 Å². The zero-order valence-electron chi connectivity index (χ0n) is 15.4. The first-order valence-corrected chi connectivity index (χ1v) is 9.83. The fraction of sp³-hybridized carbons (Fsp3) is 0.579. The molecule has 0 saturated heterocycles. The third kappa shape index (κ3) is 2.39. The van der Waals surface area contributed by atoms with E-state index < -0.39 is 5.60 Å². The molecule has 3 aromatic heterocycles. The van der Waals surface area contributed by atoms with Gasteiger partial charge in [0.1, 0.15) is 6.61 Å². The maximum absolute atomic E-state index is 11.1. The summed E-state index contributed by atoms with van der Waals surface area (Å²) in [6.07, 6.45) is 7.71. The first kappa shape index (κ1) is 16.4. The van der Waals surface area contributed by atoms with Crippen molar-refractivity contribution in [1.82, 2.24) is 25.3 Å². The molecule has 4 saturated carbocycles. The van der Waals surface area contributed by atoms with E-state index in [1.165, 1.54) is 6.42 Å². The molecule has 3 aromatic rings. The summed E-state index contributed by atoms with van der Waals surface area (Å²) in [7, 11) is 0. The number of nitrogens with one attached hydrogen (secondary N) is 2. The molecule has 2 unspecified atom stereocenters. The highest BCUT2D eigenvalue weighted by Crippen LogP contribution is 2.58. The van der Waals surface area contributed by atoms with Crippen LogP contribution in [0.5, 0.6) is 0 Å². The first-order chi connectivity index (χ1) is 13.5. The second-order valence-corrected chi connectivity index (χ2v) is 8.93. The van der Waals surface area contributed by atoms with E-state index in [9.17, 15) is 10.2 Å². The highest BCUT2D eigenvalue weighted by Gasteiger charge is 2.57. The van der Waals surface area contributed by atoms with Crippen molar-refractivity contribution in [2.75, 3.05) is 5.32 Å². The van der Waals surface area contributed by atoms with Gasteiger partial charge >= 0.3 is 0 Å². The Balaban J connectivity index is 1.47. The summed E-state index contributed by atoms with van der Waals surface area (Å²) in [6, 6.07) is 1.95. The third-order valence-electron chi connectivity index (χ3n) is 6.71. The first-order valence-electron chi connectivity index (χ1n) is 9.83. The lowest BCUT2D eigenvalue weighted by Crippen LogP contribution is -2.62. The summed E-state index contributed by atoms with van der Waals surface area (Å²) < 4.78 is 5.33. The Morgan fingerprint density at radius 2 is 2.04 bits per heavy atom. The smallest absolute Gasteiger partial charge is 0.280 e. The summed E-state index contributed by atoms with van der Waals surface area (Å²) in [6.45, 7) is -0.299. The Kier molecular flexibility index (Phi) is 3.24. The van der Waals surface area contributed by atoms with E-state index >= 15 is 0 Å². The number of aromatic amines is 1. The molecule has 28 heavy (non-hydrogen) atoms. The fourth-order valence-corrected chi connectivity index (χ4v) is 6.24. The van der Waals surface area contributed by atoms with Gasteiger partial charge in [-0.2, -0.15) is 4.98 Å². The largest absolute Gasteiger partial charge is 0.390 e. The molecule has 7 rings (SSSR count). The van der Waals surface area contributed by atoms with Crippen LogP contribution in [0.3, 0.4) is 0 Å². The molecule has 146 valence electrons. The molecular formula is C19H22N6O3. The fourth-order valence-electron chi connectivity index (χ4n) is 6.24. The third-order valence-corrected chi connectivity index (χ3v) is 6.71. The van der Waals surface area contributed by atoms with E-state index in [1.807, 2.05) is 12.3 Å². The molecule has 0 aromatic carbocycles. The summed E-state index contributed by atoms with van der Waals surface area (Å²) in [5.74, 6) is 1.55. The summed E-state index contributed by atoms with van der Waals surface area (Å²) in [5.41, 5.74) is 1.22. The Hall–Kier alpha value is -2.52. The number of rotatable bonds is 4. The van der Waals surface area contributed by atoms with Gasteiger partial charge in [0.2, 0.25) is 0 Å². The molecule has 4 aliphatic carbocycles. The average molecular weight is 382 g/mol. The van der Waals surface area contributed by atoms with E-state index in [4.69, 9.17) is 4.52 Å². The van der Waals surface area contributed by atoms with Gasteiger partial charge in [0.15, 0.2) is 17.2 Å². The highest BCUT2D eigenvalue weighted by molar-refractivity contribution is 5.95. The Labute approximate surface area is 160 Å². The van der Waals surface area contributed by atoms with Gasteiger partial charge in [-0.15, -0.1) is 10.2 Å². The minimum absolute atomic E-state index is 0.166. The normalized spacial score (nSPS) is 33.6. The molecular weight excluding hydrogens is 360 g/mol. The Morgan fingerprint density at radius 3 is 2.75 bits per heavy atom. The van der Waals surface area contributed by atoms with Crippen molar-refractivity contribution >= 4 is 16.7 Å². The number of anilines is 1. The number of hydrogen-bond acceptors (Lipinski definition) is 8. The van der Waals surface area contributed by atoms with Crippen molar-refractivity contribution in [2.45, 2.75) is 56.3 Å². The van der Waals surface area contributed by atoms with Crippen molar-refractivity contribution in [1.29, 1.82) is 0 Å². The van der Waals surface area contributed by atoms with E-state index in [-0.39, 0.29) is 23.9 Å². The molecule has 4 bridgehead atoms. The van der Waals surface area contributed by atoms with Crippen molar-refractivity contribution in [2.24, 2.45) is 11.8 Å². The van der Waals surface area contributed by atoms with Crippen molar-refractivity contribution in [3.63, 3.8) is 0 Å². The monoisotopic (exact) mass is 382 g/mol. The van der Waals surface area contributed by atoms with Gasteiger partial charge in [0.25, 0.3) is 5.89 Å². The van der Waals surface area contributed by atoms with Crippen molar-refractivity contribution in [3.8, 4) is 11.6 Å². The van der Waals surface area contributed by atoms with Crippen molar-refractivity contribution in [3.05, 3.63) is 18.1 Å². The molecule has 4 fully saturated rings. The lowest BCUT2D eigenvalue weighted by atomic mass is 9.51. The molecule has 3 heterocycles. The minimum Gasteiger partial charge on any atom is -0.390 e. The van der Waals surface area contributed by atoms with Crippen LogP contribution in [-0.2, 0) is 6.61 Å². The van der Waals surface area contributed by atoms with Gasteiger partial charge in [0, 0.05) is 17.1 Å². The topological polar surface area (TPSA) is 133 Å². The molecule has 0 spiro atoms. The van der Waals surface area contributed by atoms with Crippen LogP contribution in [0.25, 0.3) is 22.6 Å². The van der Waals surface area contributed by atoms with E-state index in [1.54, 1.807) is 0 Å². The SMILES string of the molecule is OCc1noc(-c2nnc3[nH]ccc3c2NC23C[C@@H]4C[C@@H](CC(O)(C4)C2)C3)n1. The summed E-state index contributed by atoms with van der Waals surface area (Å²) in [4.78, 5) is 7.33. The average Bonchev–Trinajstić information content (AvgIpc) is 3.28. The van der Waals surface area contributed by atoms with Crippen LogP contribution in [0.2, 0.25) is 0 Å². The number of nitrogens with zero attached hydrogens (tertiary/aromatic N) is 4. The Morgan fingerprint density at radius 1 is 1.21 bits per heavy atom. The van der Waals surface area contributed by atoms with E-state index in [0.717, 1.165) is 43.2 Å². The molecule has 4 aliphatic rings. The second-order valence-electron chi connectivity index (χ2n) is 8.93. The molecule has 0 radical (unpaired) electrons. The molecule has 4 N–H and O–H groups in total. The second kappa shape index (κ2) is 5.51. The molecule has 0 aliphatic heterocycles. The minimum atomic E-state index is -0.566. The lowest BCUT2D eigenvalue weighted by Gasteiger charge is -2.60. The maximum atomic E-state index is 11.1. The predicted octanol–water partition coefficient (Wildman–Crippen LogP) is 2.00. The van der Waals surface area contributed by atoms with Crippen LogP contribution in [0.4, 0.5) is 5.69 Å². The van der Waals surface area contributed by atoms with Gasteiger partial charge in [-0.05, 0) is 56.4 Å². The highest BCUT2D eigenvalue weighted by atomic mass is 16.5. The number of aliphatic hydroxyl groups excluding tert-OH is 1. The van der Waals surface area contributed by atoms with E-state index in [0.29, 0.717) is 23.2 Å². The zero-order valence-corrected chi connectivity index (χ0v) is 15.4. The van der Waals surface area contributed by atoms with Gasteiger partial charge in [-0.3, -0.25) is 0 Å². The van der Waals surface area contributed by atoms with Gasteiger partial charge < -0.3 is 25.0 Å². The number of aliphatic hydroxyl groups is 2. The van der Waals surface area contributed by atoms with Crippen molar-refractivity contribution < 1.29 is 14.7 Å². The number of hydrogen-bond donors (Lipinski definition) is 4. The van der Waals surface area contributed by atoms with Crippen LogP contribution in [0.15, 0.2) is 16.8 Å². The van der Waals surface area contributed by atoms with Crippen LogP contribution in [-0.4, -0.2) is 46.7 Å². The Bertz CT molecular complexity index is 1050. The predicted molar refractivity (Wildman–Crippen MR) is 99.1 cm³/mol. The molecule has 9 nitrogen and oxygen atoms in total. The standard InChI is InChI=1S/C19H22N6O3/c26-8-13-21-17(28-25-13)15-14(12-1-2-20-16(12)24-23-15)22-18-4-10-3-11(5-18)7-19(27,6-10)9-18/h1-2,10-11,26-27H,3-9H2,(H2,20,22,24)/t10-,11+,18?,19?. The van der Waals surface area contributed by atoms with Gasteiger partial charge in [0.05, 0.1) is 11.3 Å². The van der Waals surface area contributed by atoms with Crippen LogP contribution in [0, 0.1) is 11.8 Å². The summed E-state index contributed by atoms with van der Waals surface area (Å²) in [5, 5.41) is 37.4. The van der Waals surface area contributed by atoms with Crippen LogP contribution in [0.1, 0.15) is 44.3 Å². The lowest BCUT2D eigenvalue weighted by molar-refractivity contribution is -0.127. The van der Waals surface area contributed by atoms with E-state index in [2.05, 4.69) is 30.6 Å². The quantitative estimate of drug-likeness (QED) is 0.538. The number of aromatic nitrogens is 5. The molecule has 9 heteroatoms. The van der Waals surface area contributed by atoms with Crippen LogP contribution < -0.4 is 5.32 Å². The zero-order chi connectivity index (χ0) is 18.9. The number of H-pyrrole nitrogens is 1. The summed E-state index contributed by atoms with van der Waals surface area (Å²) >= 11 is 0. The molecule has 0 amide bonds. The molecule has 4 atom stereocenters. The number of fused-ring (bicyclic) bond motifs is 1. The maximum Gasteiger partial charge on any atom is 0.280 e.